The second-order valence-electron chi connectivity index (χ2n) is 8.52. The average Bonchev–Trinajstić information content (AvgIpc) is 3.05. The molecule has 2 amide bonds. The van der Waals surface area contributed by atoms with Gasteiger partial charge in [0.15, 0.2) is 5.82 Å². The predicted molar refractivity (Wildman–Crippen MR) is 108 cm³/mol. The number of rotatable bonds is 6. The summed E-state index contributed by atoms with van der Waals surface area (Å²) in [5.74, 6) is 0.551. The monoisotopic (exact) mass is 397 g/mol. The molecule has 2 atom stereocenters. The number of amides is 2. The first kappa shape index (κ1) is 19.4. The van der Waals surface area contributed by atoms with Gasteiger partial charge < -0.3 is 10.4 Å². The van der Waals surface area contributed by atoms with Gasteiger partial charge in [0.2, 0.25) is 5.91 Å². The lowest BCUT2D eigenvalue weighted by molar-refractivity contribution is -0.115. The molecule has 0 spiro atoms. The lowest BCUT2D eigenvalue weighted by atomic mass is 10.0. The Balaban J connectivity index is 1.35. The molecule has 8 nitrogen and oxygen atoms in total. The molecule has 2 aliphatic carbocycles. The molecule has 154 valence electrons. The second-order valence-corrected chi connectivity index (χ2v) is 8.52. The fraction of sp³-hybridized carbons (Fsp3) is 0.524. The summed E-state index contributed by atoms with van der Waals surface area (Å²) in [6.45, 7) is 3.92. The first-order valence-corrected chi connectivity index (χ1v) is 10.1. The van der Waals surface area contributed by atoms with Crippen molar-refractivity contribution in [3.63, 3.8) is 0 Å². The highest BCUT2D eigenvalue weighted by Gasteiger charge is 2.50. The first-order chi connectivity index (χ1) is 13.8. The van der Waals surface area contributed by atoms with Crippen molar-refractivity contribution < 1.29 is 14.7 Å². The van der Waals surface area contributed by atoms with E-state index in [-0.39, 0.29) is 29.8 Å². The van der Waals surface area contributed by atoms with Crippen LogP contribution in [-0.4, -0.2) is 48.8 Å². The van der Waals surface area contributed by atoms with Crippen molar-refractivity contribution in [3.05, 3.63) is 41.3 Å². The van der Waals surface area contributed by atoms with Gasteiger partial charge in [0.05, 0.1) is 6.42 Å². The number of carbonyl (C=O) groups is 2. The molecule has 0 aliphatic heterocycles. The van der Waals surface area contributed by atoms with E-state index in [1.54, 1.807) is 4.90 Å². The Kier molecular flexibility index (Phi) is 5.02. The van der Waals surface area contributed by atoms with Crippen LogP contribution in [-0.2, 0) is 11.2 Å². The van der Waals surface area contributed by atoms with Crippen molar-refractivity contribution in [2.24, 2.45) is 0 Å². The van der Waals surface area contributed by atoms with Crippen molar-refractivity contribution in [3.8, 4) is 0 Å². The van der Waals surface area contributed by atoms with Gasteiger partial charge in [0.1, 0.15) is 0 Å². The Morgan fingerprint density at radius 1 is 1.34 bits per heavy atom. The third-order valence-corrected chi connectivity index (χ3v) is 6.12. The average molecular weight is 397 g/mol. The third kappa shape index (κ3) is 4.26. The summed E-state index contributed by atoms with van der Waals surface area (Å²) in [7, 11) is 0. The van der Waals surface area contributed by atoms with Gasteiger partial charge in [0, 0.05) is 40.6 Å². The highest BCUT2D eigenvalue weighted by molar-refractivity contribution is 5.91. The summed E-state index contributed by atoms with van der Waals surface area (Å²) < 4.78 is 0. The molecule has 2 aliphatic rings. The number of aromatic nitrogens is 3. The lowest BCUT2D eigenvalue weighted by Crippen LogP contribution is -2.45. The molecule has 8 heteroatoms. The number of carboxylic acid groups (broad SMARTS) is 1. The number of aromatic amines is 1. The molecule has 4 rings (SSSR count). The maximum absolute atomic E-state index is 12.3. The van der Waals surface area contributed by atoms with Gasteiger partial charge >= 0.3 is 6.09 Å². The molecule has 2 fully saturated rings. The second kappa shape index (κ2) is 7.50. The molecule has 29 heavy (non-hydrogen) atoms. The summed E-state index contributed by atoms with van der Waals surface area (Å²) >= 11 is 0. The van der Waals surface area contributed by atoms with Crippen LogP contribution < -0.4 is 5.32 Å². The van der Waals surface area contributed by atoms with E-state index in [0.717, 1.165) is 49.2 Å². The molecule has 3 N–H and O–H groups in total. The van der Waals surface area contributed by atoms with Crippen molar-refractivity contribution in [2.45, 2.75) is 69.9 Å². The Hall–Kier alpha value is -2.90. The Labute approximate surface area is 169 Å². The Morgan fingerprint density at radius 2 is 2.14 bits per heavy atom. The van der Waals surface area contributed by atoms with Crippen LogP contribution in [0.25, 0.3) is 0 Å². The molecule has 2 unspecified atom stereocenters. The molecule has 0 bridgehead atoms. The van der Waals surface area contributed by atoms with E-state index in [2.05, 4.69) is 20.5 Å². The molecular formula is C21H27N5O3. The number of anilines is 1. The normalized spacial score (nSPS) is 22.3. The summed E-state index contributed by atoms with van der Waals surface area (Å²) in [6.07, 6.45) is 3.80. The van der Waals surface area contributed by atoms with Crippen LogP contribution in [0.15, 0.2) is 24.3 Å². The number of H-pyrrole nitrogens is 1. The highest BCUT2D eigenvalue weighted by Crippen LogP contribution is 2.47. The topological polar surface area (TPSA) is 111 Å². The number of aryl methyl sites for hydroxylation is 1. The number of hydrogen-bond acceptors (Lipinski definition) is 4. The van der Waals surface area contributed by atoms with E-state index in [9.17, 15) is 14.7 Å². The third-order valence-electron chi connectivity index (χ3n) is 6.12. The van der Waals surface area contributed by atoms with E-state index < -0.39 is 6.09 Å². The number of hydrogen-bond donors (Lipinski definition) is 3. The minimum atomic E-state index is -0.821. The molecule has 0 saturated heterocycles. The summed E-state index contributed by atoms with van der Waals surface area (Å²) in [5, 5.41) is 19.7. The minimum absolute atomic E-state index is 0.0405. The van der Waals surface area contributed by atoms with E-state index in [1.165, 1.54) is 0 Å². The first-order valence-electron chi connectivity index (χ1n) is 10.1. The maximum Gasteiger partial charge on any atom is 0.408 e. The maximum atomic E-state index is 12.3. The Bertz CT molecular complexity index is 921. The van der Waals surface area contributed by atoms with E-state index in [0.29, 0.717) is 5.82 Å². The lowest BCUT2D eigenvalue weighted by Gasteiger charge is -2.32. The summed E-state index contributed by atoms with van der Waals surface area (Å²) in [6, 6.07) is 7.51. The quantitative estimate of drug-likeness (QED) is 0.691. The zero-order chi connectivity index (χ0) is 20.6. The van der Waals surface area contributed by atoms with Crippen LogP contribution in [0.4, 0.5) is 10.6 Å². The van der Waals surface area contributed by atoms with Crippen LogP contribution in [0, 0.1) is 6.92 Å². The Morgan fingerprint density at radius 3 is 2.83 bits per heavy atom. The minimum Gasteiger partial charge on any atom is -0.465 e. The van der Waals surface area contributed by atoms with Gasteiger partial charge in [-0.25, -0.2) is 4.79 Å². The van der Waals surface area contributed by atoms with Gasteiger partial charge in [-0.15, -0.1) is 0 Å². The molecule has 0 aromatic carbocycles. The van der Waals surface area contributed by atoms with E-state index >= 15 is 0 Å². The molecular weight excluding hydrogens is 370 g/mol. The van der Waals surface area contributed by atoms with E-state index in [1.807, 2.05) is 38.1 Å². The standard InChI is InChI=1S/C21H27N5O3/c1-13-4-3-5-15(22-13)11-19(27)23-18-12-17(24-25-18)14-6-7-16(10-14)26(20(28)29)21(2)8-9-21/h3-5,12,14,16H,6-11H2,1-2H3,(H,28,29)(H2,23,24,25,27). The number of carbonyl (C=O) groups excluding carboxylic acids is 1. The van der Waals surface area contributed by atoms with E-state index in [4.69, 9.17) is 0 Å². The van der Waals surface area contributed by atoms with Gasteiger partial charge in [-0.05, 0) is 58.1 Å². The van der Waals surface area contributed by atoms with Crippen molar-refractivity contribution in [1.29, 1.82) is 0 Å². The van der Waals surface area contributed by atoms with Gasteiger partial charge in [-0.3, -0.25) is 19.8 Å². The van der Waals surface area contributed by atoms with Gasteiger partial charge in [-0.1, -0.05) is 6.07 Å². The van der Waals surface area contributed by atoms with Crippen molar-refractivity contribution >= 4 is 17.8 Å². The summed E-state index contributed by atoms with van der Waals surface area (Å²) in [4.78, 5) is 30.1. The highest BCUT2D eigenvalue weighted by atomic mass is 16.4. The van der Waals surface area contributed by atoms with Crippen LogP contribution in [0.1, 0.15) is 62.0 Å². The number of pyridine rings is 1. The molecule has 2 aromatic heterocycles. The number of nitrogens with zero attached hydrogens (tertiary/aromatic N) is 3. The fourth-order valence-electron chi connectivity index (χ4n) is 4.38. The summed E-state index contributed by atoms with van der Waals surface area (Å²) in [5.41, 5.74) is 2.35. The largest absolute Gasteiger partial charge is 0.465 e. The van der Waals surface area contributed by atoms with Gasteiger partial charge in [0.25, 0.3) is 0 Å². The SMILES string of the molecule is Cc1cccc(CC(=O)Nc2cc(C3CCC(N(C(=O)O)C4(C)CC4)C3)[nH]n2)n1. The molecule has 2 saturated carbocycles. The van der Waals surface area contributed by atoms with Gasteiger partial charge in [-0.2, -0.15) is 5.10 Å². The predicted octanol–water partition coefficient (Wildman–Crippen LogP) is 3.46. The zero-order valence-corrected chi connectivity index (χ0v) is 16.8. The number of nitrogens with one attached hydrogen (secondary N) is 2. The zero-order valence-electron chi connectivity index (χ0n) is 16.8. The smallest absolute Gasteiger partial charge is 0.408 e. The fourth-order valence-corrected chi connectivity index (χ4v) is 4.38. The molecule has 2 aromatic rings. The molecule has 0 radical (unpaired) electrons. The van der Waals surface area contributed by atoms with Crippen LogP contribution in [0.2, 0.25) is 0 Å². The van der Waals surface area contributed by atoms with Crippen LogP contribution in [0.5, 0.6) is 0 Å². The molecule has 2 heterocycles. The van der Waals surface area contributed by atoms with Crippen molar-refractivity contribution in [2.75, 3.05) is 5.32 Å². The van der Waals surface area contributed by atoms with Crippen LogP contribution in [0.3, 0.4) is 0 Å². The van der Waals surface area contributed by atoms with Crippen molar-refractivity contribution in [1.82, 2.24) is 20.1 Å². The van der Waals surface area contributed by atoms with Crippen LogP contribution >= 0.6 is 0 Å².